The number of carbonyl (C=O) groups is 4. The first-order chi connectivity index (χ1) is 17.8. The largest absolute Gasteiger partial charge is 0.465 e. The summed E-state index contributed by atoms with van der Waals surface area (Å²) in [5.74, 6) is -0.979. The minimum absolute atomic E-state index is 0.00119. The van der Waals surface area contributed by atoms with Crippen LogP contribution in [0.5, 0.6) is 0 Å². The number of rotatable bonds is 8. The molecule has 2 fully saturated rings. The number of β-lactam (4-membered cyclic amide) rings is 1. The Bertz CT molecular complexity index is 1130. The standard InChI is InChI=1S/C26H30N4O7/c1-18(36-14-19-8-4-2-5-9-19)21(28-24(33)37-15-20-10-6-3-7-11-20)22(31)30-13-12-29(25(34)35)17-26(30)16-27-23(26)32/h2-11,18,21H,12-17H2,1H3,(H,27,32)(H,28,33)(H,34,35). The molecule has 37 heavy (non-hydrogen) atoms. The minimum Gasteiger partial charge on any atom is -0.465 e. The maximum absolute atomic E-state index is 13.8. The van der Waals surface area contributed by atoms with Gasteiger partial charge in [-0.15, -0.1) is 0 Å². The molecule has 3 N–H and O–H groups in total. The number of nitrogens with zero attached hydrogens (tertiary/aromatic N) is 2. The van der Waals surface area contributed by atoms with Crippen molar-refractivity contribution in [3.8, 4) is 0 Å². The molecule has 0 aliphatic carbocycles. The Hall–Kier alpha value is -4.12. The SMILES string of the molecule is CC(OCc1ccccc1)C(NC(=O)OCc1ccccc1)C(=O)N1CCN(C(=O)O)CC12CNC2=O. The van der Waals surface area contributed by atoms with E-state index in [-0.39, 0.29) is 39.4 Å². The van der Waals surface area contributed by atoms with Crippen molar-refractivity contribution < 1.29 is 33.8 Å². The summed E-state index contributed by atoms with van der Waals surface area (Å²) < 4.78 is 11.3. The minimum atomic E-state index is -1.33. The maximum atomic E-state index is 13.8. The highest BCUT2D eigenvalue weighted by Crippen LogP contribution is 2.29. The normalized spacial score (nSPS) is 20.4. The fourth-order valence-electron chi connectivity index (χ4n) is 4.45. The molecule has 2 aliphatic rings. The van der Waals surface area contributed by atoms with E-state index in [1.165, 1.54) is 4.90 Å². The van der Waals surface area contributed by atoms with Crippen molar-refractivity contribution in [2.75, 3.05) is 26.2 Å². The van der Waals surface area contributed by atoms with Crippen molar-refractivity contribution >= 4 is 24.0 Å². The smallest absolute Gasteiger partial charge is 0.408 e. The maximum Gasteiger partial charge on any atom is 0.408 e. The molecule has 11 heteroatoms. The van der Waals surface area contributed by atoms with Gasteiger partial charge in [0.15, 0.2) is 5.54 Å². The van der Waals surface area contributed by atoms with E-state index in [0.29, 0.717) is 0 Å². The molecule has 196 valence electrons. The molecule has 2 aliphatic heterocycles. The summed E-state index contributed by atoms with van der Waals surface area (Å²) in [4.78, 5) is 53.2. The number of hydrogen-bond donors (Lipinski definition) is 3. The molecule has 2 aromatic carbocycles. The lowest BCUT2D eigenvalue weighted by atomic mass is 9.85. The van der Waals surface area contributed by atoms with Crippen LogP contribution in [0.2, 0.25) is 0 Å². The number of piperazine rings is 1. The Morgan fingerprint density at radius 1 is 1.03 bits per heavy atom. The Kier molecular flexibility index (Phi) is 7.92. The molecule has 2 heterocycles. The van der Waals surface area contributed by atoms with E-state index >= 15 is 0 Å². The lowest BCUT2D eigenvalue weighted by molar-refractivity contribution is -0.164. The van der Waals surface area contributed by atoms with Crippen LogP contribution in [0.15, 0.2) is 60.7 Å². The quantitative estimate of drug-likeness (QED) is 0.459. The first-order valence-corrected chi connectivity index (χ1v) is 12.0. The van der Waals surface area contributed by atoms with Crippen LogP contribution in [0.25, 0.3) is 0 Å². The molecule has 0 saturated carbocycles. The second-order valence-electron chi connectivity index (χ2n) is 9.09. The second-order valence-corrected chi connectivity index (χ2v) is 9.09. The molecule has 2 aromatic rings. The number of hydrogen-bond acceptors (Lipinski definition) is 6. The van der Waals surface area contributed by atoms with E-state index in [2.05, 4.69) is 10.6 Å². The Morgan fingerprint density at radius 3 is 2.19 bits per heavy atom. The number of ether oxygens (including phenoxy) is 2. The summed E-state index contributed by atoms with van der Waals surface area (Å²) >= 11 is 0. The highest BCUT2D eigenvalue weighted by Gasteiger charge is 2.57. The van der Waals surface area contributed by atoms with Gasteiger partial charge in [0.25, 0.3) is 0 Å². The molecule has 3 atom stereocenters. The van der Waals surface area contributed by atoms with Crippen LogP contribution in [-0.2, 0) is 32.3 Å². The molecular formula is C26H30N4O7. The highest BCUT2D eigenvalue weighted by molar-refractivity contribution is 5.99. The van der Waals surface area contributed by atoms with Crippen molar-refractivity contribution in [2.24, 2.45) is 0 Å². The zero-order chi connectivity index (χ0) is 26.4. The first kappa shape index (κ1) is 26.0. The zero-order valence-corrected chi connectivity index (χ0v) is 20.5. The van der Waals surface area contributed by atoms with Gasteiger partial charge in [-0.25, -0.2) is 9.59 Å². The van der Waals surface area contributed by atoms with E-state index in [4.69, 9.17) is 9.47 Å². The number of carboxylic acid groups (broad SMARTS) is 1. The number of nitrogens with one attached hydrogen (secondary N) is 2. The fraction of sp³-hybridized carbons (Fsp3) is 0.385. The average Bonchev–Trinajstić information content (AvgIpc) is 2.93. The number of benzene rings is 2. The Morgan fingerprint density at radius 2 is 1.65 bits per heavy atom. The van der Waals surface area contributed by atoms with E-state index in [0.717, 1.165) is 16.0 Å². The topological polar surface area (TPSA) is 138 Å². The van der Waals surface area contributed by atoms with Crippen molar-refractivity contribution in [1.29, 1.82) is 0 Å². The first-order valence-electron chi connectivity index (χ1n) is 12.0. The van der Waals surface area contributed by atoms with Gasteiger partial charge in [-0.2, -0.15) is 0 Å². The van der Waals surface area contributed by atoms with Gasteiger partial charge >= 0.3 is 12.2 Å². The van der Waals surface area contributed by atoms with Gasteiger partial charge < -0.3 is 35.0 Å². The summed E-state index contributed by atoms with van der Waals surface area (Å²) in [5.41, 5.74) is 0.335. The molecule has 4 rings (SSSR count). The predicted molar refractivity (Wildman–Crippen MR) is 131 cm³/mol. The average molecular weight is 511 g/mol. The second kappa shape index (κ2) is 11.3. The van der Waals surface area contributed by atoms with Gasteiger partial charge in [-0.05, 0) is 18.1 Å². The molecule has 2 saturated heterocycles. The number of amides is 4. The van der Waals surface area contributed by atoms with Gasteiger partial charge in [0.1, 0.15) is 12.6 Å². The lowest BCUT2D eigenvalue weighted by Gasteiger charge is -2.54. The van der Waals surface area contributed by atoms with Crippen LogP contribution in [0.1, 0.15) is 18.1 Å². The Balaban J connectivity index is 1.50. The van der Waals surface area contributed by atoms with Crippen LogP contribution in [0, 0.1) is 0 Å². The highest BCUT2D eigenvalue weighted by atomic mass is 16.5. The van der Waals surface area contributed by atoms with Gasteiger partial charge in [0.05, 0.1) is 25.8 Å². The third-order valence-electron chi connectivity index (χ3n) is 6.64. The van der Waals surface area contributed by atoms with Crippen LogP contribution in [0.3, 0.4) is 0 Å². The van der Waals surface area contributed by atoms with Crippen LogP contribution < -0.4 is 10.6 Å². The molecule has 11 nitrogen and oxygen atoms in total. The molecule has 3 unspecified atom stereocenters. The third kappa shape index (κ3) is 5.83. The van der Waals surface area contributed by atoms with Crippen molar-refractivity contribution in [3.63, 3.8) is 0 Å². The molecular weight excluding hydrogens is 480 g/mol. The van der Waals surface area contributed by atoms with Crippen LogP contribution in [-0.4, -0.2) is 82.8 Å². The van der Waals surface area contributed by atoms with Crippen molar-refractivity contribution in [2.45, 2.75) is 37.8 Å². The summed E-state index contributed by atoms with van der Waals surface area (Å²) in [7, 11) is 0. The predicted octanol–water partition coefficient (Wildman–Crippen LogP) is 1.58. The Labute approximate surface area is 214 Å². The van der Waals surface area contributed by atoms with Gasteiger partial charge in [-0.1, -0.05) is 60.7 Å². The van der Waals surface area contributed by atoms with Gasteiger partial charge in [0.2, 0.25) is 11.8 Å². The lowest BCUT2D eigenvalue weighted by Crippen LogP contribution is -2.81. The molecule has 4 amide bonds. The monoisotopic (exact) mass is 510 g/mol. The number of carbonyl (C=O) groups excluding carboxylic acids is 3. The third-order valence-corrected chi connectivity index (χ3v) is 6.64. The van der Waals surface area contributed by atoms with Crippen molar-refractivity contribution in [3.05, 3.63) is 71.8 Å². The molecule has 1 spiro atoms. The van der Waals surface area contributed by atoms with Crippen LogP contribution >= 0.6 is 0 Å². The number of alkyl carbamates (subject to hydrolysis) is 1. The van der Waals surface area contributed by atoms with E-state index in [9.17, 15) is 24.3 Å². The van der Waals surface area contributed by atoms with Crippen LogP contribution in [0.4, 0.5) is 9.59 Å². The van der Waals surface area contributed by atoms with E-state index in [1.807, 2.05) is 60.7 Å². The summed E-state index contributed by atoms with van der Waals surface area (Å²) in [5, 5.41) is 14.7. The van der Waals surface area contributed by atoms with Gasteiger partial charge in [-0.3, -0.25) is 9.59 Å². The van der Waals surface area contributed by atoms with E-state index in [1.54, 1.807) is 6.92 Å². The summed E-state index contributed by atoms with van der Waals surface area (Å²) in [6, 6.07) is 17.3. The fourth-order valence-corrected chi connectivity index (χ4v) is 4.45. The zero-order valence-electron chi connectivity index (χ0n) is 20.5. The molecule has 0 bridgehead atoms. The molecule has 0 aromatic heterocycles. The van der Waals surface area contributed by atoms with E-state index < -0.39 is 41.7 Å². The van der Waals surface area contributed by atoms with Gasteiger partial charge in [0, 0.05) is 13.1 Å². The summed E-state index contributed by atoms with van der Waals surface area (Å²) in [6.45, 7) is 1.88. The molecule has 0 radical (unpaired) electrons. The van der Waals surface area contributed by atoms with Crippen molar-refractivity contribution in [1.82, 2.24) is 20.4 Å². The summed E-state index contributed by atoms with van der Waals surface area (Å²) in [6.07, 6.45) is -2.76.